The third-order valence-electron chi connectivity index (χ3n) is 8.74. The predicted octanol–water partition coefficient (Wildman–Crippen LogP) is 5.70. The van der Waals surface area contributed by atoms with E-state index in [9.17, 15) is 9.59 Å². The molecule has 0 aromatic carbocycles. The molecule has 3 atom stereocenters. The van der Waals surface area contributed by atoms with Crippen LogP contribution >= 0.6 is 11.3 Å². The summed E-state index contributed by atoms with van der Waals surface area (Å²) in [5.41, 5.74) is 1.46. The number of esters is 1. The fourth-order valence-corrected chi connectivity index (χ4v) is 8.10. The molecule has 1 aromatic rings. The molecule has 0 aliphatic heterocycles. The van der Waals surface area contributed by atoms with Crippen LogP contribution in [0.5, 0.6) is 0 Å². The maximum atomic E-state index is 12.4. The van der Waals surface area contributed by atoms with Gasteiger partial charge in [0.1, 0.15) is 6.10 Å². The smallest absolute Gasteiger partial charge is 0.306 e. The zero-order valence-electron chi connectivity index (χ0n) is 18.9. The van der Waals surface area contributed by atoms with Crippen LogP contribution in [0.3, 0.4) is 0 Å². The number of aromatic nitrogens is 1. The van der Waals surface area contributed by atoms with E-state index in [-0.39, 0.29) is 36.2 Å². The summed E-state index contributed by atoms with van der Waals surface area (Å²) in [5, 5.41) is 5.78. The van der Waals surface area contributed by atoms with Crippen LogP contribution in [-0.2, 0) is 19.7 Å². The molecular weight excluding hydrogens is 408 g/mol. The quantitative estimate of drug-likeness (QED) is 0.572. The molecule has 5 saturated carbocycles. The number of anilines is 1. The Morgan fingerprint density at radius 3 is 2.35 bits per heavy atom. The first-order valence-electron chi connectivity index (χ1n) is 12.3. The molecule has 5 aliphatic rings. The molecular formula is C25H36N2O3S. The number of rotatable bonds is 6. The van der Waals surface area contributed by atoms with Crippen molar-refractivity contribution in [1.82, 2.24) is 4.98 Å². The fourth-order valence-electron chi connectivity index (χ4n) is 7.25. The summed E-state index contributed by atoms with van der Waals surface area (Å²) in [7, 11) is 0. The van der Waals surface area contributed by atoms with Crippen LogP contribution in [0.4, 0.5) is 5.13 Å². The molecule has 1 aromatic heterocycles. The highest BCUT2D eigenvalue weighted by Gasteiger charge is 2.52. The van der Waals surface area contributed by atoms with E-state index in [4.69, 9.17) is 9.72 Å². The highest BCUT2D eigenvalue weighted by atomic mass is 32.1. The minimum atomic E-state index is -0.254. The molecule has 6 rings (SSSR count). The van der Waals surface area contributed by atoms with Crippen molar-refractivity contribution in [3.8, 4) is 0 Å². The lowest BCUT2D eigenvalue weighted by molar-refractivity contribution is -0.152. The lowest BCUT2D eigenvalue weighted by Gasteiger charge is -2.56. The Balaban J connectivity index is 1.10. The first-order valence-corrected chi connectivity index (χ1v) is 13.2. The van der Waals surface area contributed by atoms with Crippen LogP contribution in [-0.4, -0.2) is 23.0 Å². The SMILES string of the molecule is C[C@@H]1CC[C@H](OC(=O)CCC(=O)Nc2nc(C34CC5CC(CC(C5)C3)C4)cs2)C[C@H]1C. The summed E-state index contributed by atoms with van der Waals surface area (Å²) in [4.78, 5) is 29.5. The predicted molar refractivity (Wildman–Crippen MR) is 122 cm³/mol. The van der Waals surface area contributed by atoms with Gasteiger partial charge in [-0.25, -0.2) is 4.98 Å². The van der Waals surface area contributed by atoms with E-state index in [1.54, 1.807) is 0 Å². The maximum absolute atomic E-state index is 12.4. The van der Waals surface area contributed by atoms with Crippen molar-refractivity contribution in [2.24, 2.45) is 29.6 Å². The second-order valence-electron chi connectivity index (χ2n) is 11.2. The van der Waals surface area contributed by atoms with Crippen LogP contribution in [0.1, 0.15) is 90.2 Å². The van der Waals surface area contributed by atoms with Crippen LogP contribution in [0, 0.1) is 29.6 Å². The van der Waals surface area contributed by atoms with Crippen molar-refractivity contribution in [2.45, 2.75) is 96.0 Å². The summed E-state index contributed by atoms with van der Waals surface area (Å²) in [6.07, 6.45) is 11.4. The van der Waals surface area contributed by atoms with Crippen LogP contribution < -0.4 is 5.32 Å². The average Bonchev–Trinajstić information content (AvgIpc) is 3.18. The second-order valence-corrected chi connectivity index (χ2v) is 12.0. The minimum absolute atomic E-state index is 0.0172. The lowest BCUT2D eigenvalue weighted by atomic mass is 9.49. The number of hydrogen-bond acceptors (Lipinski definition) is 5. The number of nitrogens with one attached hydrogen (secondary N) is 1. The summed E-state index contributed by atoms with van der Waals surface area (Å²) >= 11 is 1.53. The standard InChI is InChI=1S/C25H36N2O3S/c1-15-3-4-20(7-16(15)2)30-23(29)6-5-22(28)27-24-26-21(14-31-24)25-11-17-8-18(12-25)10-19(9-17)13-25/h14-20H,3-13H2,1-2H3,(H,26,27,28)/t15-,16-,17?,18?,19?,20+,25?/m1/s1. The Kier molecular flexibility index (Phi) is 5.87. The third kappa shape index (κ3) is 4.55. The molecule has 0 radical (unpaired) electrons. The van der Waals surface area contributed by atoms with E-state index in [0.717, 1.165) is 37.0 Å². The molecule has 5 nitrogen and oxygen atoms in total. The Bertz CT molecular complexity index is 799. The van der Waals surface area contributed by atoms with E-state index in [1.807, 2.05) is 0 Å². The second kappa shape index (κ2) is 8.49. The van der Waals surface area contributed by atoms with Gasteiger partial charge < -0.3 is 10.1 Å². The third-order valence-corrected chi connectivity index (χ3v) is 9.49. The number of thiazole rings is 1. The van der Waals surface area contributed by atoms with E-state index in [2.05, 4.69) is 24.5 Å². The average molecular weight is 445 g/mol. The van der Waals surface area contributed by atoms with Gasteiger partial charge in [0.25, 0.3) is 0 Å². The van der Waals surface area contributed by atoms with Crippen molar-refractivity contribution in [3.63, 3.8) is 0 Å². The number of carbonyl (C=O) groups excluding carboxylic acids is 2. The van der Waals surface area contributed by atoms with Crippen molar-refractivity contribution in [3.05, 3.63) is 11.1 Å². The zero-order valence-corrected chi connectivity index (χ0v) is 19.7. The van der Waals surface area contributed by atoms with Crippen LogP contribution in [0.2, 0.25) is 0 Å². The lowest BCUT2D eigenvalue weighted by Crippen LogP contribution is -2.48. The number of ether oxygens (including phenoxy) is 1. The van der Waals surface area contributed by atoms with Gasteiger partial charge in [-0.05, 0) is 87.4 Å². The topological polar surface area (TPSA) is 68.3 Å². The van der Waals surface area contributed by atoms with E-state index in [1.165, 1.54) is 55.6 Å². The maximum Gasteiger partial charge on any atom is 0.306 e. The summed E-state index contributed by atoms with van der Waals surface area (Å²) < 4.78 is 5.62. The van der Waals surface area contributed by atoms with Crippen LogP contribution in [0.25, 0.3) is 0 Å². The van der Waals surface area contributed by atoms with Gasteiger partial charge in [0.05, 0.1) is 12.1 Å². The monoisotopic (exact) mass is 444 g/mol. The fraction of sp³-hybridized carbons (Fsp3) is 0.800. The van der Waals surface area contributed by atoms with Gasteiger partial charge in [0.15, 0.2) is 5.13 Å². The van der Waals surface area contributed by atoms with Crippen molar-refractivity contribution in [2.75, 3.05) is 5.32 Å². The number of hydrogen-bond donors (Lipinski definition) is 1. The van der Waals surface area contributed by atoms with Gasteiger partial charge in [-0.1, -0.05) is 13.8 Å². The van der Waals surface area contributed by atoms with Gasteiger partial charge in [-0.15, -0.1) is 11.3 Å². The van der Waals surface area contributed by atoms with E-state index >= 15 is 0 Å². The molecule has 0 saturated heterocycles. The number of amides is 1. The Morgan fingerprint density at radius 1 is 1.03 bits per heavy atom. The molecule has 1 amide bonds. The Hall–Kier alpha value is -1.43. The summed E-state index contributed by atoms with van der Waals surface area (Å²) in [5.74, 6) is 3.53. The molecule has 1 heterocycles. The minimum Gasteiger partial charge on any atom is -0.462 e. The first-order chi connectivity index (χ1) is 14.9. The van der Waals surface area contributed by atoms with Gasteiger partial charge in [-0.3, -0.25) is 9.59 Å². The zero-order chi connectivity index (χ0) is 21.6. The Labute approximate surface area is 189 Å². The van der Waals surface area contributed by atoms with Crippen molar-refractivity contribution in [1.29, 1.82) is 0 Å². The normalized spacial score (nSPS) is 38.8. The molecule has 4 bridgehead atoms. The van der Waals surface area contributed by atoms with Crippen molar-refractivity contribution < 1.29 is 14.3 Å². The van der Waals surface area contributed by atoms with E-state index < -0.39 is 0 Å². The van der Waals surface area contributed by atoms with Gasteiger partial charge in [0, 0.05) is 17.2 Å². The molecule has 170 valence electrons. The van der Waals surface area contributed by atoms with Crippen molar-refractivity contribution >= 4 is 28.3 Å². The van der Waals surface area contributed by atoms with E-state index in [0.29, 0.717) is 17.0 Å². The highest BCUT2D eigenvalue weighted by molar-refractivity contribution is 7.13. The summed E-state index contributed by atoms with van der Waals surface area (Å²) in [6.45, 7) is 4.49. The highest BCUT2D eigenvalue weighted by Crippen LogP contribution is 2.60. The molecule has 31 heavy (non-hydrogen) atoms. The Morgan fingerprint density at radius 2 is 1.71 bits per heavy atom. The molecule has 5 aliphatic carbocycles. The molecule has 6 heteroatoms. The molecule has 5 fully saturated rings. The number of nitrogens with zero attached hydrogens (tertiary/aromatic N) is 1. The van der Waals surface area contributed by atoms with Gasteiger partial charge >= 0.3 is 5.97 Å². The van der Waals surface area contributed by atoms with Gasteiger partial charge in [-0.2, -0.15) is 0 Å². The molecule has 1 N–H and O–H groups in total. The summed E-state index contributed by atoms with van der Waals surface area (Å²) in [6, 6.07) is 0. The largest absolute Gasteiger partial charge is 0.462 e. The number of carbonyl (C=O) groups is 2. The van der Waals surface area contributed by atoms with Gasteiger partial charge in [0.2, 0.25) is 5.91 Å². The molecule has 0 unspecified atom stereocenters. The first kappa shape index (κ1) is 21.4. The molecule has 0 spiro atoms. The van der Waals surface area contributed by atoms with Crippen LogP contribution in [0.15, 0.2) is 5.38 Å².